The first kappa shape index (κ1) is 15.9. The van der Waals surface area contributed by atoms with Crippen LogP contribution in [-0.4, -0.2) is 53.9 Å². The lowest BCUT2D eigenvalue weighted by molar-refractivity contribution is 0.198. The van der Waals surface area contributed by atoms with E-state index in [0.29, 0.717) is 6.04 Å². The van der Waals surface area contributed by atoms with Crippen LogP contribution in [0.2, 0.25) is 0 Å². The molecule has 1 aromatic rings. The Morgan fingerprint density at radius 1 is 1.21 bits per heavy atom. The third-order valence-corrected chi connectivity index (χ3v) is 6.49. The summed E-state index contributed by atoms with van der Waals surface area (Å²) in [6.45, 7) is 4.46. The lowest BCUT2D eigenvalue weighted by atomic mass is 9.94. The molecule has 0 amide bonds. The number of fused-ring (bicyclic) bond motifs is 3. The zero-order valence-corrected chi connectivity index (χ0v) is 15.6. The molecule has 2 bridgehead atoms. The molecule has 4 rings (SSSR count). The molecule has 2 saturated carbocycles. The monoisotopic (exact) mass is 330 g/mol. The first-order valence-electron chi connectivity index (χ1n) is 9.23. The molecule has 6 nitrogen and oxygen atoms in total. The van der Waals surface area contributed by atoms with E-state index >= 15 is 0 Å². The molecule has 1 aromatic heterocycles. The van der Waals surface area contributed by atoms with Crippen LogP contribution in [0.25, 0.3) is 0 Å². The van der Waals surface area contributed by atoms with Gasteiger partial charge in [-0.25, -0.2) is 9.97 Å². The van der Waals surface area contributed by atoms with Crippen molar-refractivity contribution in [3.05, 3.63) is 6.33 Å². The van der Waals surface area contributed by atoms with Crippen molar-refractivity contribution in [3.63, 3.8) is 0 Å². The number of nitrogens with zero attached hydrogens (tertiary/aromatic N) is 5. The summed E-state index contributed by atoms with van der Waals surface area (Å²) in [5.41, 5.74) is 1.41. The molecule has 0 saturated heterocycles. The molecular weight excluding hydrogens is 300 g/mol. The predicted octanol–water partition coefficient (Wildman–Crippen LogP) is 2.73. The molecule has 1 atom stereocenters. The Morgan fingerprint density at radius 2 is 1.92 bits per heavy atom. The van der Waals surface area contributed by atoms with Gasteiger partial charge >= 0.3 is 0 Å². The SMILES string of the molecule is CC(C)N(C)C1N(C)c2ncnc(NC34CCC(CC3)C4)c2N1C. The van der Waals surface area contributed by atoms with Crippen molar-refractivity contribution in [2.24, 2.45) is 5.92 Å². The first-order valence-corrected chi connectivity index (χ1v) is 9.23. The molecule has 1 unspecified atom stereocenters. The van der Waals surface area contributed by atoms with Gasteiger partial charge in [-0.05, 0) is 58.9 Å². The number of nitrogens with one attached hydrogen (secondary N) is 1. The normalized spacial score (nSPS) is 31.5. The lowest BCUT2D eigenvalue weighted by Crippen LogP contribution is -2.53. The van der Waals surface area contributed by atoms with Crippen molar-refractivity contribution >= 4 is 17.3 Å². The molecule has 0 radical (unpaired) electrons. The van der Waals surface area contributed by atoms with Crippen molar-refractivity contribution in [2.75, 3.05) is 36.3 Å². The fourth-order valence-electron chi connectivity index (χ4n) is 4.96. The van der Waals surface area contributed by atoms with Crippen LogP contribution in [0.1, 0.15) is 46.0 Å². The minimum Gasteiger partial charge on any atom is -0.363 e. The van der Waals surface area contributed by atoms with Gasteiger partial charge in [0.25, 0.3) is 0 Å². The largest absolute Gasteiger partial charge is 0.363 e. The maximum atomic E-state index is 4.64. The van der Waals surface area contributed by atoms with Gasteiger partial charge < -0.3 is 15.1 Å². The molecule has 132 valence electrons. The van der Waals surface area contributed by atoms with Crippen molar-refractivity contribution < 1.29 is 0 Å². The highest BCUT2D eigenvalue weighted by Gasteiger charge is 2.46. The second-order valence-corrected chi connectivity index (χ2v) is 8.27. The van der Waals surface area contributed by atoms with Crippen molar-refractivity contribution in [1.82, 2.24) is 14.9 Å². The van der Waals surface area contributed by atoms with Crippen LogP contribution in [0.5, 0.6) is 0 Å². The Labute approximate surface area is 145 Å². The van der Waals surface area contributed by atoms with Crippen molar-refractivity contribution in [1.29, 1.82) is 0 Å². The molecule has 0 spiro atoms. The van der Waals surface area contributed by atoms with E-state index in [-0.39, 0.29) is 11.8 Å². The molecule has 3 aliphatic rings. The van der Waals surface area contributed by atoms with E-state index in [1.54, 1.807) is 6.33 Å². The summed E-state index contributed by atoms with van der Waals surface area (Å²) in [4.78, 5) is 16.2. The van der Waals surface area contributed by atoms with E-state index in [2.05, 4.69) is 65.0 Å². The van der Waals surface area contributed by atoms with Gasteiger partial charge in [0.05, 0.1) is 0 Å². The van der Waals surface area contributed by atoms with Crippen LogP contribution in [0.3, 0.4) is 0 Å². The average Bonchev–Trinajstić information content (AvgIpc) is 3.20. The van der Waals surface area contributed by atoms with Gasteiger partial charge in [0.1, 0.15) is 12.0 Å². The van der Waals surface area contributed by atoms with Gasteiger partial charge in [0.2, 0.25) is 0 Å². The van der Waals surface area contributed by atoms with E-state index < -0.39 is 0 Å². The topological polar surface area (TPSA) is 47.5 Å². The lowest BCUT2D eigenvalue weighted by Gasteiger charge is -2.37. The summed E-state index contributed by atoms with van der Waals surface area (Å²) in [7, 11) is 6.46. The van der Waals surface area contributed by atoms with Crippen LogP contribution in [0.15, 0.2) is 6.33 Å². The van der Waals surface area contributed by atoms with Crippen LogP contribution < -0.4 is 15.1 Å². The molecule has 0 aromatic carbocycles. The van der Waals surface area contributed by atoms with Crippen LogP contribution in [-0.2, 0) is 0 Å². The molecule has 24 heavy (non-hydrogen) atoms. The van der Waals surface area contributed by atoms with E-state index in [9.17, 15) is 0 Å². The third kappa shape index (κ3) is 2.26. The highest BCUT2D eigenvalue weighted by atomic mass is 15.6. The highest BCUT2D eigenvalue weighted by Crippen LogP contribution is 2.51. The number of aromatic nitrogens is 2. The van der Waals surface area contributed by atoms with Gasteiger partial charge in [-0.2, -0.15) is 0 Å². The van der Waals surface area contributed by atoms with E-state index in [0.717, 1.165) is 23.2 Å². The Bertz CT molecular complexity index is 622. The molecule has 6 heteroatoms. The van der Waals surface area contributed by atoms with Gasteiger partial charge in [0, 0.05) is 25.7 Å². The Hall–Kier alpha value is -1.56. The van der Waals surface area contributed by atoms with Crippen molar-refractivity contribution in [2.45, 2.75) is 63.8 Å². The molecule has 1 N–H and O–H groups in total. The number of rotatable bonds is 4. The zero-order chi connectivity index (χ0) is 17.1. The van der Waals surface area contributed by atoms with Gasteiger partial charge in [-0.3, -0.25) is 4.90 Å². The minimum atomic E-state index is 0.176. The molecule has 2 heterocycles. The summed E-state index contributed by atoms with van der Waals surface area (Å²) in [6, 6.07) is 0.461. The summed E-state index contributed by atoms with van der Waals surface area (Å²) in [5, 5.41) is 3.85. The predicted molar refractivity (Wildman–Crippen MR) is 98.5 cm³/mol. The number of anilines is 3. The fraction of sp³-hybridized carbons (Fsp3) is 0.778. The summed E-state index contributed by atoms with van der Waals surface area (Å²) < 4.78 is 0. The Balaban J connectivity index is 1.66. The molecular formula is C18H30N6. The average molecular weight is 330 g/mol. The smallest absolute Gasteiger partial charge is 0.161 e. The second kappa shape index (κ2) is 5.48. The molecule has 2 fully saturated rings. The number of hydrogen-bond acceptors (Lipinski definition) is 6. The summed E-state index contributed by atoms with van der Waals surface area (Å²) in [6.07, 6.45) is 8.50. The van der Waals surface area contributed by atoms with Crippen molar-refractivity contribution in [3.8, 4) is 0 Å². The third-order valence-electron chi connectivity index (χ3n) is 6.49. The Kier molecular flexibility index (Phi) is 3.64. The fourth-order valence-corrected chi connectivity index (χ4v) is 4.96. The van der Waals surface area contributed by atoms with Crippen LogP contribution in [0.4, 0.5) is 17.3 Å². The van der Waals surface area contributed by atoms with Crippen LogP contribution in [0, 0.1) is 5.92 Å². The van der Waals surface area contributed by atoms with Gasteiger partial charge in [0.15, 0.2) is 17.9 Å². The van der Waals surface area contributed by atoms with Gasteiger partial charge in [-0.15, -0.1) is 0 Å². The maximum absolute atomic E-state index is 4.64. The molecule has 1 aliphatic heterocycles. The first-order chi connectivity index (χ1) is 11.4. The highest BCUT2D eigenvalue weighted by molar-refractivity contribution is 5.83. The van der Waals surface area contributed by atoms with E-state index in [4.69, 9.17) is 0 Å². The van der Waals surface area contributed by atoms with E-state index in [1.807, 2.05) is 0 Å². The van der Waals surface area contributed by atoms with Crippen LogP contribution >= 0.6 is 0 Å². The van der Waals surface area contributed by atoms with E-state index in [1.165, 1.54) is 32.1 Å². The molecule has 2 aliphatic carbocycles. The second-order valence-electron chi connectivity index (χ2n) is 8.27. The summed E-state index contributed by atoms with van der Waals surface area (Å²) in [5.74, 6) is 2.96. The summed E-state index contributed by atoms with van der Waals surface area (Å²) >= 11 is 0. The maximum Gasteiger partial charge on any atom is 0.161 e. The number of hydrogen-bond donors (Lipinski definition) is 1. The van der Waals surface area contributed by atoms with Gasteiger partial charge in [-0.1, -0.05) is 0 Å². The zero-order valence-electron chi connectivity index (χ0n) is 15.6. The standard InChI is InChI=1S/C18H30N6/c1-12(2)22(3)17-23(4)14-15(19-11-20-16(14)24(17)5)21-18-8-6-13(10-18)7-9-18/h11-13,17H,6-10H2,1-5H3,(H,19,20,21). The minimum absolute atomic E-state index is 0.176. The quantitative estimate of drug-likeness (QED) is 0.916. The Morgan fingerprint density at radius 3 is 2.50 bits per heavy atom.